The Kier molecular flexibility index (Phi) is 4.29. The molecule has 1 saturated heterocycles. The largest absolute Gasteiger partial charge is 0.394 e. The van der Waals surface area contributed by atoms with Gasteiger partial charge in [-0.05, 0) is 18.9 Å². The van der Waals surface area contributed by atoms with E-state index in [1.807, 2.05) is 0 Å². The summed E-state index contributed by atoms with van der Waals surface area (Å²) in [5.74, 6) is -0.555. The molecule has 156 valence electrons. The van der Waals surface area contributed by atoms with E-state index in [0.717, 1.165) is 19.0 Å². The summed E-state index contributed by atoms with van der Waals surface area (Å²) in [6.45, 7) is 0.210. The van der Waals surface area contributed by atoms with Crippen LogP contribution in [0.2, 0.25) is 0 Å². The number of amides is 1. The SMILES string of the molecule is O=C(NC1(CO)CC1)c1cnn2ccc(N3OCC[C@@H]3c3cc(F)c[nH]c3=O)nc12. The first-order valence-electron chi connectivity index (χ1n) is 9.58. The first-order valence-corrected chi connectivity index (χ1v) is 9.58. The number of carbonyl (C=O) groups is 1. The summed E-state index contributed by atoms with van der Waals surface area (Å²) in [6, 6.07) is 2.30. The zero-order chi connectivity index (χ0) is 20.9. The number of aromatic amines is 1. The Labute approximate surface area is 169 Å². The summed E-state index contributed by atoms with van der Waals surface area (Å²) in [5, 5.41) is 17.9. The molecule has 1 saturated carbocycles. The number of hydroxylamine groups is 1. The number of rotatable bonds is 5. The number of hydrogen-bond donors (Lipinski definition) is 3. The fraction of sp³-hybridized carbons (Fsp3) is 0.368. The number of hydrogen-bond acceptors (Lipinski definition) is 7. The number of anilines is 1. The van der Waals surface area contributed by atoms with E-state index in [1.165, 1.54) is 21.8 Å². The maximum absolute atomic E-state index is 13.7. The van der Waals surface area contributed by atoms with Crippen LogP contribution in [0, 0.1) is 5.82 Å². The zero-order valence-corrected chi connectivity index (χ0v) is 15.8. The Morgan fingerprint density at radius 1 is 1.47 bits per heavy atom. The van der Waals surface area contributed by atoms with E-state index >= 15 is 0 Å². The molecule has 1 atom stereocenters. The second kappa shape index (κ2) is 6.89. The van der Waals surface area contributed by atoms with Gasteiger partial charge in [-0.2, -0.15) is 5.10 Å². The number of halogens is 1. The molecule has 1 aliphatic carbocycles. The summed E-state index contributed by atoms with van der Waals surface area (Å²) >= 11 is 0. The maximum Gasteiger partial charge on any atom is 0.257 e. The Balaban J connectivity index is 1.49. The number of nitrogens with zero attached hydrogens (tertiary/aromatic N) is 4. The number of aliphatic hydroxyl groups excluding tert-OH is 1. The molecule has 11 heteroatoms. The number of H-pyrrole nitrogens is 1. The van der Waals surface area contributed by atoms with Gasteiger partial charge in [-0.3, -0.25) is 14.4 Å². The van der Waals surface area contributed by atoms with Gasteiger partial charge in [0.25, 0.3) is 11.5 Å². The molecule has 1 amide bonds. The molecule has 2 fully saturated rings. The van der Waals surface area contributed by atoms with Gasteiger partial charge >= 0.3 is 0 Å². The minimum atomic E-state index is -0.565. The molecule has 30 heavy (non-hydrogen) atoms. The molecule has 0 aromatic carbocycles. The fourth-order valence-corrected chi connectivity index (χ4v) is 3.62. The first kappa shape index (κ1) is 18.7. The van der Waals surface area contributed by atoms with Gasteiger partial charge in [0.2, 0.25) is 0 Å². The van der Waals surface area contributed by atoms with Gasteiger partial charge in [-0.1, -0.05) is 0 Å². The molecule has 10 nitrogen and oxygen atoms in total. The summed E-state index contributed by atoms with van der Waals surface area (Å²) in [4.78, 5) is 37.5. The highest BCUT2D eigenvalue weighted by Gasteiger charge is 2.44. The first-order chi connectivity index (χ1) is 14.5. The van der Waals surface area contributed by atoms with Gasteiger partial charge in [0.15, 0.2) is 11.5 Å². The fourth-order valence-electron chi connectivity index (χ4n) is 3.62. The Bertz CT molecular complexity index is 1190. The Morgan fingerprint density at radius 2 is 2.30 bits per heavy atom. The van der Waals surface area contributed by atoms with Gasteiger partial charge in [-0.15, -0.1) is 0 Å². The van der Waals surface area contributed by atoms with Gasteiger partial charge < -0.3 is 15.4 Å². The summed E-state index contributed by atoms with van der Waals surface area (Å²) in [5.41, 5.74) is -0.165. The highest BCUT2D eigenvalue weighted by atomic mass is 19.1. The van der Waals surface area contributed by atoms with Gasteiger partial charge in [0, 0.05) is 30.4 Å². The number of carbonyl (C=O) groups excluding carboxylic acids is 1. The molecule has 3 N–H and O–H groups in total. The third kappa shape index (κ3) is 3.12. The second-order valence-electron chi connectivity index (χ2n) is 7.57. The average Bonchev–Trinajstić information content (AvgIpc) is 3.15. The van der Waals surface area contributed by atoms with Crippen molar-refractivity contribution in [3.05, 3.63) is 58.0 Å². The topological polar surface area (TPSA) is 125 Å². The zero-order valence-electron chi connectivity index (χ0n) is 15.8. The lowest BCUT2D eigenvalue weighted by Gasteiger charge is -2.23. The summed E-state index contributed by atoms with van der Waals surface area (Å²) in [7, 11) is 0. The standard InChI is InChI=1S/C19H19FN6O4/c20-11-7-12(17(28)21-8-11)14-2-6-30-26(14)15-1-5-25-16(23-15)13(9-22-25)18(29)24-19(10-27)3-4-19/h1,5,7-9,14,27H,2-4,6,10H2,(H,21,28)(H,24,29)/t14-/m1/s1. The van der Waals surface area contributed by atoms with Crippen LogP contribution in [0.1, 0.15) is 41.2 Å². The molecule has 5 rings (SSSR count). The van der Waals surface area contributed by atoms with Crippen molar-refractivity contribution in [1.29, 1.82) is 0 Å². The second-order valence-corrected chi connectivity index (χ2v) is 7.57. The highest BCUT2D eigenvalue weighted by molar-refractivity contribution is 6.00. The lowest BCUT2D eigenvalue weighted by atomic mass is 10.1. The lowest BCUT2D eigenvalue weighted by Crippen LogP contribution is -2.39. The summed E-state index contributed by atoms with van der Waals surface area (Å²) < 4.78 is 15.1. The predicted molar refractivity (Wildman–Crippen MR) is 102 cm³/mol. The molecule has 0 spiro atoms. The van der Waals surface area contributed by atoms with E-state index in [1.54, 1.807) is 12.3 Å². The van der Waals surface area contributed by atoms with Gasteiger partial charge in [-0.25, -0.2) is 19.0 Å². The molecule has 1 aliphatic heterocycles. The monoisotopic (exact) mass is 414 g/mol. The molecular formula is C19H19FN6O4. The number of aromatic nitrogens is 4. The van der Waals surface area contributed by atoms with Crippen LogP contribution < -0.4 is 15.9 Å². The molecule has 3 aromatic rings. The number of aliphatic hydroxyl groups is 1. The Morgan fingerprint density at radius 3 is 3.07 bits per heavy atom. The van der Waals surface area contributed by atoms with Crippen molar-refractivity contribution >= 4 is 17.4 Å². The van der Waals surface area contributed by atoms with Crippen LogP contribution in [0.4, 0.5) is 10.2 Å². The lowest BCUT2D eigenvalue weighted by molar-refractivity contribution is 0.0908. The molecule has 0 radical (unpaired) electrons. The molecular weight excluding hydrogens is 395 g/mol. The predicted octanol–water partition coefficient (Wildman–Crippen LogP) is 0.694. The molecule has 2 aliphatic rings. The van der Waals surface area contributed by atoms with Crippen LogP contribution in [0.3, 0.4) is 0 Å². The van der Waals surface area contributed by atoms with Crippen molar-refractivity contribution in [3.63, 3.8) is 0 Å². The normalized spacial score (nSPS) is 19.9. The minimum Gasteiger partial charge on any atom is -0.394 e. The average molecular weight is 414 g/mol. The Hall–Kier alpha value is -3.31. The third-order valence-corrected chi connectivity index (χ3v) is 5.52. The van der Waals surface area contributed by atoms with Crippen molar-refractivity contribution < 1.29 is 19.1 Å². The van der Waals surface area contributed by atoms with Crippen LogP contribution in [0.15, 0.2) is 35.5 Å². The van der Waals surface area contributed by atoms with Crippen molar-refractivity contribution in [2.24, 2.45) is 0 Å². The van der Waals surface area contributed by atoms with E-state index in [-0.39, 0.29) is 23.6 Å². The number of nitrogens with one attached hydrogen (secondary N) is 2. The van der Waals surface area contributed by atoms with E-state index < -0.39 is 23.0 Å². The minimum absolute atomic E-state index is 0.123. The van der Waals surface area contributed by atoms with Gasteiger partial charge in [0.1, 0.15) is 11.4 Å². The van der Waals surface area contributed by atoms with Crippen LogP contribution in [0.25, 0.3) is 5.65 Å². The van der Waals surface area contributed by atoms with Crippen LogP contribution in [-0.2, 0) is 4.84 Å². The van der Waals surface area contributed by atoms with E-state index in [2.05, 4.69) is 20.4 Å². The number of pyridine rings is 1. The quantitative estimate of drug-likeness (QED) is 0.561. The molecule has 0 unspecified atom stereocenters. The third-order valence-electron chi connectivity index (χ3n) is 5.52. The van der Waals surface area contributed by atoms with Crippen molar-refractivity contribution in [2.75, 3.05) is 18.3 Å². The molecule has 4 heterocycles. The van der Waals surface area contributed by atoms with E-state index in [4.69, 9.17) is 4.84 Å². The number of fused-ring (bicyclic) bond motifs is 1. The van der Waals surface area contributed by atoms with Crippen LogP contribution in [0.5, 0.6) is 0 Å². The van der Waals surface area contributed by atoms with Crippen molar-refractivity contribution in [3.8, 4) is 0 Å². The maximum atomic E-state index is 13.7. The van der Waals surface area contributed by atoms with E-state index in [0.29, 0.717) is 24.5 Å². The highest BCUT2D eigenvalue weighted by Crippen LogP contribution is 2.35. The summed E-state index contributed by atoms with van der Waals surface area (Å²) in [6.07, 6.45) is 5.96. The van der Waals surface area contributed by atoms with Gasteiger partial charge in [0.05, 0.1) is 31.0 Å². The van der Waals surface area contributed by atoms with Crippen molar-refractivity contribution in [2.45, 2.75) is 30.8 Å². The molecule has 3 aromatic heterocycles. The van der Waals surface area contributed by atoms with Crippen LogP contribution in [-0.4, -0.2) is 49.3 Å². The van der Waals surface area contributed by atoms with Crippen LogP contribution >= 0.6 is 0 Å². The molecule has 0 bridgehead atoms. The van der Waals surface area contributed by atoms with Crippen molar-refractivity contribution in [1.82, 2.24) is 24.9 Å². The van der Waals surface area contributed by atoms with E-state index in [9.17, 15) is 19.1 Å². The smallest absolute Gasteiger partial charge is 0.257 e.